The minimum atomic E-state index is 0.319. The van der Waals surface area contributed by atoms with Crippen LogP contribution in [-0.2, 0) is 11.3 Å². The number of ether oxygens (including phenoxy) is 2. The highest BCUT2D eigenvalue weighted by atomic mass is 16.7. The van der Waals surface area contributed by atoms with Crippen LogP contribution in [0.25, 0.3) is 10.8 Å². The average molecular weight is 229 g/mol. The zero-order valence-corrected chi connectivity index (χ0v) is 10.1. The fourth-order valence-corrected chi connectivity index (χ4v) is 2.25. The first-order chi connectivity index (χ1) is 8.27. The molecule has 2 heterocycles. The molecular formula is C14H15NO2. The molecule has 0 radical (unpaired) electrons. The van der Waals surface area contributed by atoms with Crippen LogP contribution >= 0.6 is 0 Å². The second-order valence-electron chi connectivity index (χ2n) is 4.58. The summed E-state index contributed by atoms with van der Waals surface area (Å²) in [5.74, 6) is 1.28. The van der Waals surface area contributed by atoms with Crippen molar-refractivity contribution >= 4 is 10.8 Å². The number of hydrogen-bond acceptors (Lipinski definition) is 3. The van der Waals surface area contributed by atoms with Gasteiger partial charge >= 0.3 is 0 Å². The molecule has 0 N–H and O–H groups in total. The molecule has 3 heteroatoms. The number of nitrogens with zero attached hydrogens (tertiary/aromatic N) is 1. The SMILES string of the molecule is CC(C)c1nc2c(c3ccccc13)OCOC2. The molecule has 17 heavy (non-hydrogen) atoms. The third-order valence-corrected chi connectivity index (χ3v) is 3.04. The van der Waals surface area contributed by atoms with Crippen LogP contribution < -0.4 is 4.74 Å². The molecule has 1 aromatic carbocycles. The fraction of sp³-hybridized carbons (Fsp3) is 0.357. The van der Waals surface area contributed by atoms with E-state index in [0.29, 0.717) is 19.3 Å². The molecule has 1 aliphatic heterocycles. The van der Waals surface area contributed by atoms with Crippen molar-refractivity contribution in [2.45, 2.75) is 26.4 Å². The monoisotopic (exact) mass is 229 g/mol. The first kappa shape index (κ1) is 10.5. The summed E-state index contributed by atoms with van der Waals surface area (Å²) < 4.78 is 10.9. The van der Waals surface area contributed by atoms with Crippen molar-refractivity contribution in [3.05, 3.63) is 35.7 Å². The Kier molecular flexibility index (Phi) is 2.48. The van der Waals surface area contributed by atoms with Crippen LogP contribution in [0.4, 0.5) is 0 Å². The van der Waals surface area contributed by atoms with Gasteiger partial charge in [-0.05, 0) is 5.92 Å². The average Bonchev–Trinajstić information content (AvgIpc) is 2.37. The number of aromatic nitrogens is 1. The van der Waals surface area contributed by atoms with Gasteiger partial charge in [-0.15, -0.1) is 0 Å². The van der Waals surface area contributed by atoms with Crippen LogP contribution in [0.3, 0.4) is 0 Å². The second kappa shape index (κ2) is 4.00. The predicted octanol–water partition coefficient (Wildman–Crippen LogP) is 3.22. The molecule has 0 fully saturated rings. The zero-order valence-electron chi connectivity index (χ0n) is 10.1. The summed E-state index contributed by atoms with van der Waals surface area (Å²) in [6.45, 7) is 5.18. The molecule has 0 unspecified atom stereocenters. The van der Waals surface area contributed by atoms with E-state index < -0.39 is 0 Å². The number of benzene rings is 1. The van der Waals surface area contributed by atoms with Gasteiger partial charge in [0, 0.05) is 10.8 Å². The lowest BCUT2D eigenvalue weighted by molar-refractivity contribution is -0.0177. The summed E-state index contributed by atoms with van der Waals surface area (Å²) in [6.07, 6.45) is 0. The normalized spacial score (nSPS) is 14.8. The molecule has 0 bridgehead atoms. The van der Waals surface area contributed by atoms with Gasteiger partial charge in [0.1, 0.15) is 5.69 Å². The smallest absolute Gasteiger partial charge is 0.189 e. The lowest BCUT2D eigenvalue weighted by Crippen LogP contribution is -2.14. The lowest BCUT2D eigenvalue weighted by Gasteiger charge is -2.21. The van der Waals surface area contributed by atoms with Crippen molar-refractivity contribution in [3.63, 3.8) is 0 Å². The van der Waals surface area contributed by atoms with E-state index in [2.05, 4.69) is 26.0 Å². The van der Waals surface area contributed by atoms with E-state index in [0.717, 1.165) is 22.5 Å². The summed E-state index contributed by atoms with van der Waals surface area (Å²) >= 11 is 0. The third kappa shape index (κ3) is 1.67. The molecule has 3 nitrogen and oxygen atoms in total. The fourth-order valence-electron chi connectivity index (χ4n) is 2.25. The summed E-state index contributed by atoms with van der Waals surface area (Å²) in [4.78, 5) is 4.69. The molecule has 3 rings (SSSR count). The predicted molar refractivity (Wildman–Crippen MR) is 66.1 cm³/mol. The van der Waals surface area contributed by atoms with Gasteiger partial charge in [0.2, 0.25) is 0 Å². The van der Waals surface area contributed by atoms with Crippen molar-refractivity contribution in [3.8, 4) is 5.75 Å². The Morgan fingerprint density at radius 2 is 1.94 bits per heavy atom. The Morgan fingerprint density at radius 1 is 1.18 bits per heavy atom. The zero-order chi connectivity index (χ0) is 11.8. The van der Waals surface area contributed by atoms with Crippen LogP contribution in [0.5, 0.6) is 5.75 Å². The van der Waals surface area contributed by atoms with Crippen LogP contribution in [0.1, 0.15) is 31.2 Å². The molecule has 1 aliphatic rings. The second-order valence-corrected chi connectivity index (χ2v) is 4.58. The summed E-state index contributed by atoms with van der Waals surface area (Å²) in [7, 11) is 0. The Bertz CT molecular complexity index is 563. The maximum Gasteiger partial charge on any atom is 0.189 e. The molecule has 0 saturated carbocycles. The highest BCUT2D eigenvalue weighted by molar-refractivity contribution is 5.91. The van der Waals surface area contributed by atoms with Gasteiger partial charge in [0.05, 0.1) is 12.3 Å². The van der Waals surface area contributed by atoms with E-state index >= 15 is 0 Å². The lowest BCUT2D eigenvalue weighted by atomic mass is 10.0. The van der Waals surface area contributed by atoms with Crippen LogP contribution in [0.15, 0.2) is 24.3 Å². The quantitative estimate of drug-likeness (QED) is 0.752. The molecular weight excluding hydrogens is 214 g/mol. The third-order valence-electron chi connectivity index (χ3n) is 3.04. The van der Waals surface area contributed by atoms with Crippen molar-refractivity contribution in [2.24, 2.45) is 0 Å². The number of fused-ring (bicyclic) bond motifs is 3. The molecule has 88 valence electrons. The summed E-state index contributed by atoms with van der Waals surface area (Å²) in [6, 6.07) is 8.27. The maximum atomic E-state index is 5.59. The molecule has 1 aromatic heterocycles. The van der Waals surface area contributed by atoms with Gasteiger partial charge in [0.25, 0.3) is 0 Å². The van der Waals surface area contributed by atoms with Crippen LogP contribution in [0.2, 0.25) is 0 Å². The van der Waals surface area contributed by atoms with E-state index in [4.69, 9.17) is 14.5 Å². The van der Waals surface area contributed by atoms with Gasteiger partial charge in [-0.3, -0.25) is 4.98 Å². The van der Waals surface area contributed by atoms with Crippen LogP contribution in [-0.4, -0.2) is 11.8 Å². The topological polar surface area (TPSA) is 31.4 Å². The van der Waals surface area contributed by atoms with E-state index in [1.807, 2.05) is 12.1 Å². The van der Waals surface area contributed by atoms with E-state index in [9.17, 15) is 0 Å². The van der Waals surface area contributed by atoms with E-state index in [1.54, 1.807) is 0 Å². The van der Waals surface area contributed by atoms with E-state index in [-0.39, 0.29) is 0 Å². The Labute approximate surface area is 100 Å². The van der Waals surface area contributed by atoms with Crippen molar-refractivity contribution < 1.29 is 9.47 Å². The van der Waals surface area contributed by atoms with Gasteiger partial charge in [-0.2, -0.15) is 0 Å². The number of pyridine rings is 1. The highest BCUT2D eigenvalue weighted by Gasteiger charge is 2.19. The Balaban J connectivity index is 2.35. The maximum absolute atomic E-state index is 5.59. The molecule has 0 amide bonds. The first-order valence-corrected chi connectivity index (χ1v) is 5.89. The highest BCUT2D eigenvalue weighted by Crippen LogP contribution is 2.35. The molecule has 0 aliphatic carbocycles. The standard InChI is InChI=1S/C14H15NO2/c1-9(2)13-10-5-3-4-6-11(10)14-12(15-13)7-16-8-17-14/h3-6,9H,7-8H2,1-2H3. The minimum absolute atomic E-state index is 0.319. The Morgan fingerprint density at radius 3 is 2.71 bits per heavy atom. The van der Waals surface area contributed by atoms with Crippen molar-refractivity contribution in [1.29, 1.82) is 0 Å². The largest absolute Gasteiger partial charge is 0.465 e. The molecule has 2 aromatic rings. The van der Waals surface area contributed by atoms with E-state index in [1.165, 1.54) is 5.39 Å². The van der Waals surface area contributed by atoms with Crippen molar-refractivity contribution in [1.82, 2.24) is 4.98 Å². The van der Waals surface area contributed by atoms with Gasteiger partial charge in [-0.1, -0.05) is 38.1 Å². The van der Waals surface area contributed by atoms with Crippen LogP contribution in [0, 0.1) is 0 Å². The summed E-state index contributed by atoms with van der Waals surface area (Å²) in [5, 5.41) is 2.33. The molecule has 0 atom stereocenters. The molecule has 0 spiro atoms. The van der Waals surface area contributed by atoms with Gasteiger partial charge in [0.15, 0.2) is 12.5 Å². The van der Waals surface area contributed by atoms with Crippen molar-refractivity contribution in [2.75, 3.05) is 6.79 Å². The Hall–Kier alpha value is -1.61. The number of hydrogen-bond donors (Lipinski definition) is 0. The van der Waals surface area contributed by atoms with Gasteiger partial charge in [-0.25, -0.2) is 0 Å². The molecule has 0 saturated heterocycles. The number of rotatable bonds is 1. The summed E-state index contributed by atoms with van der Waals surface area (Å²) in [5.41, 5.74) is 2.03. The first-order valence-electron chi connectivity index (χ1n) is 5.89. The minimum Gasteiger partial charge on any atom is -0.465 e. The van der Waals surface area contributed by atoms with Gasteiger partial charge < -0.3 is 9.47 Å².